The van der Waals surface area contributed by atoms with Crippen LogP contribution in [0.15, 0.2) is 122 Å². The summed E-state index contributed by atoms with van der Waals surface area (Å²) in [5.74, 6) is 0. The van der Waals surface area contributed by atoms with Crippen molar-refractivity contribution in [2.45, 2.75) is 25.7 Å². The molecule has 4 heterocycles. The molecule has 0 atom stereocenters. The molecular formula is C44H36N4. The maximum atomic E-state index is 4.19. The van der Waals surface area contributed by atoms with E-state index in [4.69, 9.17) is 0 Å². The van der Waals surface area contributed by atoms with Crippen molar-refractivity contribution in [1.29, 1.82) is 0 Å². The Balaban J connectivity index is 1.32. The summed E-state index contributed by atoms with van der Waals surface area (Å²) in [4.78, 5) is 16.8. The van der Waals surface area contributed by atoms with Crippen LogP contribution in [0.4, 0.5) is 0 Å². The predicted molar refractivity (Wildman–Crippen MR) is 200 cm³/mol. The average molecular weight is 621 g/mol. The van der Waals surface area contributed by atoms with E-state index in [1.807, 2.05) is 98.1 Å². The molecule has 0 radical (unpaired) electrons. The Bertz CT molecular complexity index is 1790. The quantitative estimate of drug-likeness (QED) is 0.170. The lowest BCUT2D eigenvalue weighted by Crippen LogP contribution is -2.05. The van der Waals surface area contributed by atoms with E-state index in [1.54, 1.807) is 0 Å². The van der Waals surface area contributed by atoms with Gasteiger partial charge in [-0.25, -0.2) is 0 Å². The van der Waals surface area contributed by atoms with Crippen molar-refractivity contribution in [1.82, 2.24) is 19.9 Å². The second-order valence-electron chi connectivity index (χ2n) is 12.0. The first-order valence-corrected chi connectivity index (χ1v) is 16.4. The Hall–Kier alpha value is -6.00. The summed E-state index contributed by atoms with van der Waals surface area (Å²) in [5, 5.41) is 0. The first-order chi connectivity index (χ1) is 23.8. The van der Waals surface area contributed by atoms with E-state index >= 15 is 0 Å². The van der Waals surface area contributed by atoms with Gasteiger partial charge in [0.25, 0.3) is 0 Å². The lowest BCUT2D eigenvalue weighted by atomic mass is 9.86. The lowest BCUT2D eigenvalue weighted by Gasteiger charge is -2.19. The van der Waals surface area contributed by atoms with Gasteiger partial charge in [0, 0.05) is 49.6 Å². The summed E-state index contributed by atoms with van der Waals surface area (Å²) in [6.07, 6.45) is 36.3. The van der Waals surface area contributed by atoms with Gasteiger partial charge in [-0.3, -0.25) is 19.9 Å². The highest BCUT2D eigenvalue weighted by molar-refractivity contribution is 5.78. The summed E-state index contributed by atoms with van der Waals surface area (Å²) in [6.45, 7) is 0. The normalized spacial score (nSPS) is 13.2. The molecule has 10 rings (SSSR count). The second kappa shape index (κ2) is 15.1. The van der Waals surface area contributed by atoms with Crippen molar-refractivity contribution in [3.63, 3.8) is 0 Å². The number of aryl methyl sites for hydroxylation is 4. The van der Waals surface area contributed by atoms with Crippen LogP contribution in [0, 0.1) is 0 Å². The smallest absolute Gasteiger partial charge is 0.0273 e. The third kappa shape index (κ3) is 7.86. The highest BCUT2D eigenvalue weighted by Crippen LogP contribution is 2.30. The summed E-state index contributed by atoms with van der Waals surface area (Å²) in [5.41, 5.74) is 15.0. The fraction of sp³-hybridized carbons (Fsp3) is 0.0909. The fourth-order valence-electron chi connectivity index (χ4n) is 6.12. The summed E-state index contributed by atoms with van der Waals surface area (Å²) in [6, 6.07) is 26.0. The van der Waals surface area contributed by atoms with Crippen molar-refractivity contribution in [3.8, 4) is 0 Å². The third-order valence-electron chi connectivity index (χ3n) is 8.78. The molecule has 0 saturated carbocycles. The molecule has 2 aromatic carbocycles. The molecule has 4 aliphatic carbocycles. The average Bonchev–Trinajstić information content (AvgIpc) is 3.14. The van der Waals surface area contributed by atoms with Gasteiger partial charge >= 0.3 is 0 Å². The fourth-order valence-corrected chi connectivity index (χ4v) is 6.12. The van der Waals surface area contributed by atoms with Gasteiger partial charge in [0.05, 0.1) is 0 Å². The molecule has 6 aromatic rings. The van der Waals surface area contributed by atoms with Crippen molar-refractivity contribution in [3.05, 3.63) is 189 Å². The van der Waals surface area contributed by atoms with Gasteiger partial charge in [0.2, 0.25) is 0 Å². The van der Waals surface area contributed by atoms with Gasteiger partial charge in [0.15, 0.2) is 0 Å². The van der Waals surface area contributed by atoms with Crippen LogP contribution < -0.4 is 0 Å². The van der Waals surface area contributed by atoms with E-state index in [0.717, 1.165) is 47.9 Å². The van der Waals surface area contributed by atoms with Crippen molar-refractivity contribution in [2.24, 2.45) is 0 Å². The number of benzene rings is 2. The summed E-state index contributed by atoms with van der Waals surface area (Å²) < 4.78 is 0. The van der Waals surface area contributed by atoms with E-state index < -0.39 is 0 Å². The van der Waals surface area contributed by atoms with Crippen LogP contribution in [-0.2, 0) is 25.7 Å². The highest BCUT2D eigenvalue weighted by atomic mass is 14.6. The van der Waals surface area contributed by atoms with Gasteiger partial charge in [-0.1, -0.05) is 72.9 Å². The molecule has 48 heavy (non-hydrogen) atoms. The van der Waals surface area contributed by atoms with Crippen LogP contribution in [0.25, 0.3) is 48.6 Å². The molecule has 4 heteroatoms. The first kappa shape index (κ1) is 30.6. The van der Waals surface area contributed by atoms with Crippen molar-refractivity contribution >= 4 is 48.6 Å². The molecule has 0 amide bonds. The minimum Gasteiger partial charge on any atom is -0.265 e. The van der Waals surface area contributed by atoms with E-state index in [0.29, 0.717) is 0 Å². The maximum Gasteiger partial charge on any atom is 0.0273 e. The Morgan fingerprint density at radius 3 is 0.708 bits per heavy atom. The van der Waals surface area contributed by atoms with Gasteiger partial charge < -0.3 is 0 Å². The molecule has 4 bridgehead atoms. The molecule has 4 nitrogen and oxygen atoms in total. The minimum atomic E-state index is 0.912. The largest absolute Gasteiger partial charge is 0.265 e. The molecule has 232 valence electrons. The van der Waals surface area contributed by atoms with Gasteiger partial charge in [0.1, 0.15) is 0 Å². The number of hydrogen-bond donors (Lipinski definition) is 0. The lowest BCUT2D eigenvalue weighted by molar-refractivity contribution is 0.912. The zero-order valence-corrected chi connectivity index (χ0v) is 26.8. The summed E-state index contributed by atoms with van der Waals surface area (Å²) in [7, 11) is 0. The topological polar surface area (TPSA) is 51.6 Å². The molecule has 0 aliphatic heterocycles. The SMILES string of the molecule is C(=C\c1cc2c(/C=C/c3ccncc3)cc1CCc1cc(/C=C/c3ccncc3)c(cc1/C=C/c1ccncc1)CC2)/c1ccncc1. The number of rotatable bonds is 8. The monoisotopic (exact) mass is 620 g/mol. The molecule has 4 aromatic heterocycles. The third-order valence-corrected chi connectivity index (χ3v) is 8.78. The Kier molecular flexibility index (Phi) is 9.61. The minimum absolute atomic E-state index is 0.912. The first-order valence-electron chi connectivity index (χ1n) is 16.4. The van der Waals surface area contributed by atoms with E-state index in [1.165, 1.54) is 44.5 Å². The molecule has 0 spiro atoms. The van der Waals surface area contributed by atoms with Crippen LogP contribution in [0.1, 0.15) is 66.8 Å². The Labute approximate surface area is 282 Å². The Morgan fingerprint density at radius 1 is 0.292 bits per heavy atom. The van der Waals surface area contributed by atoms with Crippen molar-refractivity contribution in [2.75, 3.05) is 0 Å². The van der Waals surface area contributed by atoms with Gasteiger partial charge in [-0.15, -0.1) is 0 Å². The maximum absolute atomic E-state index is 4.19. The van der Waals surface area contributed by atoms with Crippen molar-refractivity contribution < 1.29 is 0 Å². The zero-order valence-electron chi connectivity index (χ0n) is 26.8. The van der Waals surface area contributed by atoms with Crippen LogP contribution in [0.2, 0.25) is 0 Å². The van der Waals surface area contributed by atoms with Crippen LogP contribution >= 0.6 is 0 Å². The standard InChI is InChI=1S/C44H36N4/c1(33-13-21-45-22-14-33)5-37-29-42-11-12-44-32-39(7-3-35-17-25-47-26-18-35)43(31-40(44)8-4-36-19-27-48-28-20-36)10-9-41(37)30-38(42)6-2-34-15-23-46-24-16-34/h1-8,13-32H,9-12H2/b5-1+,6-2+,7-3+,8-4+. The Morgan fingerprint density at radius 2 is 0.500 bits per heavy atom. The number of aromatic nitrogens is 4. The second-order valence-corrected chi connectivity index (χ2v) is 12.0. The molecular weight excluding hydrogens is 585 g/mol. The number of nitrogens with zero attached hydrogens (tertiary/aromatic N) is 4. The van der Waals surface area contributed by atoms with Crippen LogP contribution in [-0.4, -0.2) is 19.9 Å². The number of hydrogen-bond acceptors (Lipinski definition) is 4. The van der Waals surface area contributed by atoms with E-state index in [-0.39, 0.29) is 0 Å². The van der Waals surface area contributed by atoms with Gasteiger partial charge in [-0.05, 0) is 141 Å². The molecule has 0 fully saturated rings. The molecule has 0 saturated heterocycles. The molecule has 4 aliphatic rings. The van der Waals surface area contributed by atoms with E-state index in [2.05, 4.69) is 92.8 Å². The number of pyridine rings is 4. The summed E-state index contributed by atoms with van der Waals surface area (Å²) >= 11 is 0. The predicted octanol–water partition coefficient (Wildman–Crippen LogP) is 9.83. The van der Waals surface area contributed by atoms with E-state index in [9.17, 15) is 0 Å². The molecule has 0 N–H and O–H groups in total. The molecule has 0 unspecified atom stereocenters. The van der Waals surface area contributed by atoms with Crippen LogP contribution in [0.3, 0.4) is 0 Å². The van der Waals surface area contributed by atoms with Crippen LogP contribution in [0.5, 0.6) is 0 Å². The highest BCUT2D eigenvalue weighted by Gasteiger charge is 2.14. The van der Waals surface area contributed by atoms with Gasteiger partial charge in [-0.2, -0.15) is 0 Å². The zero-order chi connectivity index (χ0) is 32.4.